The van der Waals surface area contributed by atoms with Gasteiger partial charge in [0.1, 0.15) is 5.82 Å². The van der Waals surface area contributed by atoms with E-state index in [1.807, 2.05) is 0 Å². The van der Waals surface area contributed by atoms with Crippen LogP contribution in [0.25, 0.3) is 0 Å². The normalized spacial score (nSPS) is 10.0. The number of hydrogen-bond acceptors (Lipinski definition) is 3. The number of rotatable bonds is 5. The van der Waals surface area contributed by atoms with Gasteiger partial charge in [-0.15, -0.1) is 0 Å². The first-order valence-electron chi connectivity index (χ1n) is 7.15. The van der Waals surface area contributed by atoms with Crippen molar-refractivity contribution in [2.45, 2.75) is 13.5 Å². The third kappa shape index (κ3) is 5.10. The van der Waals surface area contributed by atoms with Crippen molar-refractivity contribution in [3.63, 3.8) is 0 Å². The Balaban J connectivity index is 1.85. The second-order valence-electron chi connectivity index (χ2n) is 4.74. The van der Waals surface area contributed by atoms with E-state index in [0.29, 0.717) is 17.9 Å². The molecule has 2 N–H and O–H groups in total. The zero-order valence-corrected chi connectivity index (χ0v) is 12.6. The fraction of sp³-hybridized carbons (Fsp3) is 0.176. The summed E-state index contributed by atoms with van der Waals surface area (Å²) < 4.78 is 17.9. The average Bonchev–Trinajstić information content (AvgIpc) is 2.54. The maximum Gasteiger partial charge on any atom is 0.338 e. The van der Waals surface area contributed by atoms with Gasteiger partial charge in [-0.3, -0.25) is 0 Å². The summed E-state index contributed by atoms with van der Waals surface area (Å²) in [7, 11) is 0. The number of urea groups is 1. The molecule has 0 atom stereocenters. The summed E-state index contributed by atoms with van der Waals surface area (Å²) >= 11 is 0. The largest absolute Gasteiger partial charge is 0.462 e. The molecule has 0 saturated heterocycles. The third-order valence-electron chi connectivity index (χ3n) is 3.00. The number of amides is 2. The highest BCUT2D eigenvalue weighted by Gasteiger charge is 2.06. The van der Waals surface area contributed by atoms with Gasteiger partial charge in [0.2, 0.25) is 0 Å². The topological polar surface area (TPSA) is 67.4 Å². The summed E-state index contributed by atoms with van der Waals surface area (Å²) in [5.74, 6) is -0.798. The standard InChI is InChI=1S/C17H17FN2O3/c1-2-23-16(21)13-8-6-12(7-9-13)11-19-17(22)20-15-5-3-4-14(18)10-15/h3-10H,2,11H2,1H3,(H2,19,20,22). The lowest BCUT2D eigenvalue weighted by atomic mass is 10.1. The SMILES string of the molecule is CCOC(=O)c1ccc(CNC(=O)Nc2cccc(F)c2)cc1. The van der Waals surface area contributed by atoms with Crippen molar-refractivity contribution in [3.8, 4) is 0 Å². The smallest absolute Gasteiger partial charge is 0.338 e. The van der Waals surface area contributed by atoms with Crippen LogP contribution in [0.3, 0.4) is 0 Å². The summed E-state index contributed by atoms with van der Waals surface area (Å²) in [6, 6.07) is 11.9. The van der Waals surface area contributed by atoms with E-state index < -0.39 is 11.8 Å². The number of carbonyl (C=O) groups is 2. The van der Waals surface area contributed by atoms with Gasteiger partial charge >= 0.3 is 12.0 Å². The van der Waals surface area contributed by atoms with Crippen LogP contribution in [-0.4, -0.2) is 18.6 Å². The first kappa shape index (κ1) is 16.5. The van der Waals surface area contributed by atoms with Gasteiger partial charge in [-0.2, -0.15) is 0 Å². The molecule has 6 heteroatoms. The molecule has 0 aliphatic carbocycles. The molecule has 0 heterocycles. The van der Waals surface area contributed by atoms with Gasteiger partial charge in [0, 0.05) is 12.2 Å². The molecule has 2 rings (SSSR count). The van der Waals surface area contributed by atoms with Crippen LogP contribution in [-0.2, 0) is 11.3 Å². The van der Waals surface area contributed by atoms with Crippen molar-refractivity contribution in [2.24, 2.45) is 0 Å². The lowest BCUT2D eigenvalue weighted by molar-refractivity contribution is 0.0526. The number of ether oxygens (including phenoxy) is 1. The van der Waals surface area contributed by atoms with E-state index in [1.54, 1.807) is 37.3 Å². The van der Waals surface area contributed by atoms with E-state index in [2.05, 4.69) is 10.6 Å². The van der Waals surface area contributed by atoms with Crippen molar-refractivity contribution in [3.05, 3.63) is 65.5 Å². The van der Waals surface area contributed by atoms with Crippen LogP contribution < -0.4 is 10.6 Å². The fourth-order valence-electron chi connectivity index (χ4n) is 1.90. The Bertz CT molecular complexity index is 686. The Morgan fingerprint density at radius 1 is 1.13 bits per heavy atom. The third-order valence-corrected chi connectivity index (χ3v) is 3.00. The summed E-state index contributed by atoms with van der Waals surface area (Å²) in [4.78, 5) is 23.3. The summed E-state index contributed by atoms with van der Waals surface area (Å²) in [5, 5.41) is 5.19. The molecule has 0 aliphatic heterocycles. The Labute approximate surface area is 133 Å². The highest BCUT2D eigenvalue weighted by atomic mass is 19.1. The Kier molecular flexibility index (Phi) is 5.68. The fourth-order valence-corrected chi connectivity index (χ4v) is 1.90. The number of anilines is 1. The number of nitrogens with one attached hydrogen (secondary N) is 2. The van der Waals surface area contributed by atoms with Crippen LogP contribution in [0.5, 0.6) is 0 Å². The lowest BCUT2D eigenvalue weighted by Crippen LogP contribution is -2.28. The Hall–Kier alpha value is -2.89. The quantitative estimate of drug-likeness (QED) is 0.832. The molecule has 0 bridgehead atoms. The van der Waals surface area contributed by atoms with Crippen LogP contribution in [0.1, 0.15) is 22.8 Å². The molecule has 0 unspecified atom stereocenters. The number of benzene rings is 2. The average molecular weight is 316 g/mol. The first-order chi connectivity index (χ1) is 11.1. The van der Waals surface area contributed by atoms with Gasteiger partial charge in [-0.25, -0.2) is 14.0 Å². The summed E-state index contributed by atoms with van der Waals surface area (Å²) in [5.41, 5.74) is 1.66. The molecule has 23 heavy (non-hydrogen) atoms. The van der Waals surface area contributed by atoms with E-state index >= 15 is 0 Å². The maximum absolute atomic E-state index is 13.0. The second-order valence-corrected chi connectivity index (χ2v) is 4.74. The molecular weight excluding hydrogens is 299 g/mol. The highest BCUT2D eigenvalue weighted by Crippen LogP contribution is 2.09. The van der Waals surface area contributed by atoms with Crippen LogP contribution in [0.4, 0.5) is 14.9 Å². The molecule has 2 amide bonds. The summed E-state index contributed by atoms with van der Waals surface area (Å²) in [6.45, 7) is 2.35. The minimum atomic E-state index is -0.440. The van der Waals surface area contributed by atoms with Crippen LogP contribution in [0.15, 0.2) is 48.5 Å². The Morgan fingerprint density at radius 3 is 2.52 bits per heavy atom. The highest BCUT2D eigenvalue weighted by molar-refractivity contribution is 5.90. The number of carbonyl (C=O) groups excluding carboxylic acids is 2. The summed E-state index contributed by atoms with van der Waals surface area (Å²) in [6.07, 6.45) is 0. The molecular formula is C17H17FN2O3. The van der Waals surface area contributed by atoms with E-state index in [-0.39, 0.29) is 12.5 Å². The number of halogens is 1. The van der Waals surface area contributed by atoms with Crippen LogP contribution in [0, 0.1) is 5.82 Å². The number of esters is 1. The molecule has 0 aliphatic rings. The van der Waals surface area contributed by atoms with Crippen molar-refractivity contribution in [2.75, 3.05) is 11.9 Å². The van der Waals surface area contributed by atoms with E-state index in [0.717, 1.165) is 5.56 Å². The second kappa shape index (κ2) is 7.93. The predicted octanol–water partition coefficient (Wildman–Crippen LogP) is 3.32. The zero-order valence-electron chi connectivity index (χ0n) is 12.6. The monoisotopic (exact) mass is 316 g/mol. The maximum atomic E-state index is 13.0. The Morgan fingerprint density at radius 2 is 1.87 bits per heavy atom. The molecule has 5 nitrogen and oxygen atoms in total. The molecule has 0 fully saturated rings. The molecule has 0 aromatic heterocycles. The molecule has 120 valence electrons. The van der Waals surface area contributed by atoms with Crippen LogP contribution >= 0.6 is 0 Å². The van der Waals surface area contributed by atoms with Crippen LogP contribution in [0.2, 0.25) is 0 Å². The van der Waals surface area contributed by atoms with Crippen molar-refractivity contribution < 1.29 is 18.7 Å². The molecule has 0 spiro atoms. The van der Waals surface area contributed by atoms with Gasteiger partial charge in [0.15, 0.2) is 0 Å². The molecule has 2 aromatic rings. The minimum Gasteiger partial charge on any atom is -0.462 e. The zero-order chi connectivity index (χ0) is 16.7. The molecule has 2 aromatic carbocycles. The van der Waals surface area contributed by atoms with Crippen molar-refractivity contribution in [1.82, 2.24) is 5.32 Å². The molecule has 0 saturated carbocycles. The van der Waals surface area contributed by atoms with Gasteiger partial charge in [0.05, 0.1) is 12.2 Å². The van der Waals surface area contributed by atoms with E-state index in [1.165, 1.54) is 18.2 Å². The van der Waals surface area contributed by atoms with Gasteiger partial charge in [-0.05, 0) is 42.8 Å². The van der Waals surface area contributed by atoms with Crippen molar-refractivity contribution in [1.29, 1.82) is 0 Å². The predicted molar refractivity (Wildman–Crippen MR) is 84.7 cm³/mol. The van der Waals surface area contributed by atoms with E-state index in [4.69, 9.17) is 4.74 Å². The van der Waals surface area contributed by atoms with E-state index in [9.17, 15) is 14.0 Å². The first-order valence-corrected chi connectivity index (χ1v) is 7.15. The number of hydrogen-bond donors (Lipinski definition) is 2. The minimum absolute atomic E-state index is 0.282. The lowest BCUT2D eigenvalue weighted by Gasteiger charge is -2.08. The van der Waals surface area contributed by atoms with Gasteiger partial charge in [0.25, 0.3) is 0 Å². The van der Waals surface area contributed by atoms with Gasteiger partial charge in [-0.1, -0.05) is 18.2 Å². The molecule has 0 radical (unpaired) electrons. The van der Waals surface area contributed by atoms with Gasteiger partial charge < -0.3 is 15.4 Å². The van der Waals surface area contributed by atoms with Crippen molar-refractivity contribution >= 4 is 17.7 Å².